The fraction of sp³-hybridized carbons (Fsp3) is 0.458. The molecule has 1 aliphatic rings. The van der Waals surface area contributed by atoms with Crippen molar-refractivity contribution in [1.82, 2.24) is 4.90 Å². The molecule has 8 heteroatoms. The molecule has 174 valence electrons. The molecule has 0 aliphatic carbocycles. The summed E-state index contributed by atoms with van der Waals surface area (Å²) in [5.41, 5.74) is 2.01. The summed E-state index contributed by atoms with van der Waals surface area (Å²) in [4.78, 5) is 14.7. The summed E-state index contributed by atoms with van der Waals surface area (Å²) in [6.07, 6.45) is 0.421. The van der Waals surface area contributed by atoms with Gasteiger partial charge in [-0.2, -0.15) is 0 Å². The second-order valence-electron chi connectivity index (χ2n) is 8.28. The lowest BCUT2D eigenvalue weighted by Crippen LogP contribution is -2.43. The zero-order valence-corrected chi connectivity index (χ0v) is 19.9. The third-order valence-corrected chi connectivity index (χ3v) is 7.43. The van der Waals surface area contributed by atoms with Crippen molar-refractivity contribution in [1.29, 1.82) is 0 Å². The van der Waals surface area contributed by atoms with Gasteiger partial charge in [0.2, 0.25) is 0 Å². The Morgan fingerprint density at radius 1 is 1.06 bits per heavy atom. The smallest absolute Gasteiger partial charge is 0.261 e. The van der Waals surface area contributed by atoms with Crippen LogP contribution in [0.25, 0.3) is 0 Å². The summed E-state index contributed by atoms with van der Waals surface area (Å²) in [5, 5.41) is 0. The van der Waals surface area contributed by atoms with Gasteiger partial charge in [0.25, 0.3) is 5.91 Å². The number of rotatable bonds is 9. The summed E-state index contributed by atoms with van der Waals surface area (Å²) in [6, 6.07) is 12.7. The van der Waals surface area contributed by atoms with Crippen molar-refractivity contribution in [3.05, 3.63) is 53.6 Å². The Morgan fingerprint density at radius 2 is 1.75 bits per heavy atom. The lowest BCUT2D eigenvalue weighted by atomic mass is 10.0. The van der Waals surface area contributed by atoms with Crippen molar-refractivity contribution in [3.8, 4) is 17.2 Å². The molecule has 2 aromatic rings. The normalized spacial score (nSPS) is 17.2. The van der Waals surface area contributed by atoms with Crippen LogP contribution < -0.4 is 14.2 Å². The van der Waals surface area contributed by atoms with Gasteiger partial charge in [-0.15, -0.1) is 0 Å². The minimum Gasteiger partial charge on any atom is -0.493 e. The van der Waals surface area contributed by atoms with Gasteiger partial charge in [0.1, 0.15) is 5.75 Å². The summed E-state index contributed by atoms with van der Waals surface area (Å²) < 4.78 is 40.5. The number of amides is 1. The van der Waals surface area contributed by atoms with Crippen molar-refractivity contribution in [3.63, 3.8) is 0 Å². The Hall–Kier alpha value is -2.74. The molecule has 32 heavy (non-hydrogen) atoms. The maximum Gasteiger partial charge on any atom is 0.261 e. The topological polar surface area (TPSA) is 82.1 Å². The molecule has 0 radical (unpaired) electrons. The molecule has 1 amide bonds. The lowest BCUT2D eigenvalue weighted by Gasteiger charge is -2.28. The number of hydrogen-bond donors (Lipinski definition) is 0. The number of hydrogen-bond acceptors (Lipinski definition) is 6. The number of sulfone groups is 1. The number of benzene rings is 2. The van der Waals surface area contributed by atoms with Crippen LogP contribution in [0.3, 0.4) is 0 Å². The van der Waals surface area contributed by atoms with E-state index in [-0.39, 0.29) is 36.6 Å². The average Bonchev–Trinajstić information content (AvgIpc) is 3.15. The number of ether oxygens (including phenoxy) is 3. The molecule has 1 atom stereocenters. The van der Waals surface area contributed by atoms with E-state index in [0.717, 1.165) is 5.56 Å². The van der Waals surface area contributed by atoms with E-state index >= 15 is 0 Å². The Morgan fingerprint density at radius 3 is 2.31 bits per heavy atom. The minimum absolute atomic E-state index is 0.0326. The van der Waals surface area contributed by atoms with Crippen LogP contribution in [0.5, 0.6) is 17.2 Å². The van der Waals surface area contributed by atoms with E-state index in [2.05, 4.69) is 13.8 Å². The highest BCUT2D eigenvalue weighted by molar-refractivity contribution is 7.91. The molecule has 7 nitrogen and oxygen atoms in total. The van der Waals surface area contributed by atoms with Crippen LogP contribution in [0.15, 0.2) is 42.5 Å². The van der Waals surface area contributed by atoms with Gasteiger partial charge in [0.15, 0.2) is 27.9 Å². The van der Waals surface area contributed by atoms with Crippen LogP contribution in [0.4, 0.5) is 0 Å². The summed E-state index contributed by atoms with van der Waals surface area (Å²) >= 11 is 0. The monoisotopic (exact) mass is 461 g/mol. The van der Waals surface area contributed by atoms with Gasteiger partial charge >= 0.3 is 0 Å². The molecule has 0 bridgehead atoms. The number of carbonyl (C=O) groups is 1. The fourth-order valence-electron chi connectivity index (χ4n) is 3.79. The summed E-state index contributed by atoms with van der Waals surface area (Å²) in [6.45, 7) is 4.32. The zero-order valence-electron chi connectivity index (χ0n) is 19.0. The van der Waals surface area contributed by atoms with E-state index in [9.17, 15) is 13.2 Å². The maximum atomic E-state index is 13.1. The molecule has 3 rings (SSSR count). The molecule has 1 unspecified atom stereocenters. The lowest BCUT2D eigenvalue weighted by molar-refractivity contribution is -0.136. The molecular weight excluding hydrogens is 430 g/mol. The highest BCUT2D eigenvalue weighted by atomic mass is 32.2. The molecule has 1 fully saturated rings. The number of carbonyl (C=O) groups excluding carboxylic acids is 1. The predicted octanol–water partition coefficient (Wildman–Crippen LogP) is 3.42. The molecular formula is C24H31NO6S. The molecule has 2 aromatic carbocycles. The predicted molar refractivity (Wildman–Crippen MR) is 123 cm³/mol. The first kappa shape index (κ1) is 23.9. The fourth-order valence-corrected chi connectivity index (χ4v) is 5.53. The highest BCUT2D eigenvalue weighted by Gasteiger charge is 2.35. The highest BCUT2D eigenvalue weighted by Crippen LogP contribution is 2.29. The molecule has 1 aliphatic heterocycles. The third-order valence-electron chi connectivity index (χ3n) is 5.68. The Balaban J connectivity index is 1.75. The summed E-state index contributed by atoms with van der Waals surface area (Å²) in [7, 11) is -0.0438. The first-order valence-electron chi connectivity index (χ1n) is 10.7. The van der Waals surface area contributed by atoms with Gasteiger partial charge in [0, 0.05) is 12.6 Å². The molecule has 0 spiro atoms. The third kappa shape index (κ3) is 5.94. The molecule has 1 heterocycles. The standard InChI is InChI=1S/C24H31NO6S/c1-17(2)19-6-8-21(9-7-19)31-15-24(26)25(20-11-12-32(27,28)16-20)14-18-5-10-22(29-3)23(13-18)30-4/h5-10,13,17,20H,11-12,14-16H2,1-4H3. The van der Waals surface area contributed by atoms with E-state index in [4.69, 9.17) is 14.2 Å². The first-order valence-corrected chi connectivity index (χ1v) is 12.5. The Labute approximate surface area is 190 Å². The minimum atomic E-state index is -3.15. The van der Waals surface area contributed by atoms with Crippen LogP contribution in [0, 0.1) is 0 Å². The maximum absolute atomic E-state index is 13.1. The van der Waals surface area contributed by atoms with Crippen molar-refractivity contribution >= 4 is 15.7 Å². The van der Waals surface area contributed by atoms with E-state index in [0.29, 0.717) is 29.6 Å². The molecule has 1 saturated heterocycles. The van der Waals surface area contributed by atoms with Crippen LogP contribution in [0.1, 0.15) is 37.3 Å². The summed E-state index contributed by atoms with van der Waals surface area (Å²) in [5.74, 6) is 1.96. The second-order valence-corrected chi connectivity index (χ2v) is 10.5. The number of nitrogens with zero attached hydrogens (tertiary/aromatic N) is 1. The quantitative estimate of drug-likeness (QED) is 0.569. The van der Waals surface area contributed by atoms with Gasteiger partial charge in [0.05, 0.1) is 25.7 Å². The zero-order chi connectivity index (χ0) is 23.3. The van der Waals surface area contributed by atoms with Crippen molar-refractivity contribution < 1.29 is 27.4 Å². The van der Waals surface area contributed by atoms with Crippen molar-refractivity contribution in [2.45, 2.75) is 38.8 Å². The largest absolute Gasteiger partial charge is 0.493 e. The van der Waals surface area contributed by atoms with E-state index in [1.54, 1.807) is 31.3 Å². The van der Waals surface area contributed by atoms with E-state index in [1.807, 2.05) is 30.3 Å². The molecule has 0 aromatic heterocycles. The van der Waals surface area contributed by atoms with Crippen LogP contribution in [0.2, 0.25) is 0 Å². The van der Waals surface area contributed by atoms with Gasteiger partial charge in [-0.05, 0) is 47.7 Å². The Kier molecular flexibility index (Phi) is 7.66. The van der Waals surface area contributed by atoms with Gasteiger partial charge in [-0.25, -0.2) is 8.42 Å². The van der Waals surface area contributed by atoms with Crippen molar-refractivity contribution in [2.24, 2.45) is 0 Å². The first-order chi connectivity index (χ1) is 15.2. The van der Waals surface area contributed by atoms with E-state index in [1.165, 1.54) is 5.56 Å². The van der Waals surface area contributed by atoms with Crippen LogP contribution >= 0.6 is 0 Å². The van der Waals surface area contributed by atoms with E-state index < -0.39 is 9.84 Å². The van der Waals surface area contributed by atoms with Gasteiger partial charge in [-0.1, -0.05) is 32.0 Å². The van der Waals surface area contributed by atoms with Gasteiger partial charge < -0.3 is 19.1 Å². The average molecular weight is 462 g/mol. The van der Waals surface area contributed by atoms with Crippen molar-refractivity contribution in [2.75, 3.05) is 32.3 Å². The molecule has 0 saturated carbocycles. The Bertz CT molecular complexity index is 1030. The SMILES string of the molecule is COc1ccc(CN(C(=O)COc2ccc(C(C)C)cc2)C2CCS(=O)(=O)C2)cc1OC. The van der Waals surface area contributed by atoms with Crippen LogP contribution in [-0.2, 0) is 21.2 Å². The number of methoxy groups -OCH3 is 2. The van der Waals surface area contributed by atoms with Gasteiger partial charge in [-0.3, -0.25) is 4.79 Å². The van der Waals surface area contributed by atoms with Crippen LogP contribution in [-0.4, -0.2) is 57.6 Å². The second kappa shape index (κ2) is 10.3. The molecule has 0 N–H and O–H groups in total.